The molecule has 2 unspecified atom stereocenters. The molecule has 0 aromatic heterocycles. The van der Waals surface area contributed by atoms with Crippen LogP contribution >= 0.6 is 0 Å². The van der Waals surface area contributed by atoms with Gasteiger partial charge >= 0.3 is 0 Å². The molecule has 1 aromatic carbocycles. The topological polar surface area (TPSA) is 61.4 Å². The largest absolute Gasteiger partial charge is 0.508 e. The van der Waals surface area contributed by atoms with E-state index in [-0.39, 0.29) is 18.0 Å². The van der Waals surface area contributed by atoms with Crippen molar-refractivity contribution in [2.75, 3.05) is 6.54 Å². The lowest BCUT2D eigenvalue weighted by molar-refractivity contribution is -0.121. The molecule has 0 saturated carbocycles. The fourth-order valence-electron chi connectivity index (χ4n) is 1.98. The lowest BCUT2D eigenvalue weighted by Gasteiger charge is -2.16. The summed E-state index contributed by atoms with van der Waals surface area (Å²) < 4.78 is 0. The number of aryl methyl sites for hydroxylation is 1. The normalized spacial score (nSPS) is 13.8. The summed E-state index contributed by atoms with van der Waals surface area (Å²) >= 11 is 0. The zero-order chi connectivity index (χ0) is 15.1. The van der Waals surface area contributed by atoms with E-state index in [1.807, 2.05) is 39.8 Å². The third-order valence-corrected chi connectivity index (χ3v) is 3.47. The predicted molar refractivity (Wildman–Crippen MR) is 81.8 cm³/mol. The molecule has 3 N–H and O–H groups in total. The fourth-order valence-corrected chi connectivity index (χ4v) is 1.98. The van der Waals surface area contributed by atoms with E-state index in [0.29, 0.717) is 18.7 Å². The van der Waals surface area contributed by atoms with Gasteiger partial charge in [-0.3, -0.25) is 4.79 Å². The molecule has 0 radical (unpaired) electrons. The van der Waals surface area contributed by atoms with Crippen molar-refractivity contribution in [3.63, 3.8) is 0 Å². The summed E-state index contributed by atoms with van der Waals surface area (Å²) in [6.45, 7) is 8.57. The molecule has 0 bridgehead atoms. The second-order valence-corrected chi connectivity index (χ2v) is 5.36. The fraction of sp³-hybridized carbons (Fsp3) is 0.562. The quantitative estimate of drug-likeness (QED) is 0.718. The van der Waals surface area contributed by atoms with Gasteiger partial charge in [-0.1, -0.05) is 19.1 Å². The summed E-state index contributed by atoms with van der Waals surface area (Å²) in [5, 5.41) is 16.1. The highest BCUT2D eigenvalue weighted by Gasteiger charge is 2.11. The molecular formula is C16H26N2O2. The zero-order valence-corrected chi connectivity index (χ0v) is 12.9. The highest BCUT2D eigenvalue weighted by Crippen LogP contribution is 2.24. The summed E-state index contributed by atoms with van der Waals surface area (Å²) in [4.78, 5) is 11.6. The Balaban J connectivity index is 2.40. The van der Waals surface area contributed by atoms with Gasteiger partial charge in [-0.25, -0.2) is 0 Å². The molecule has 0 heterocycles. The SMILES string of the molecule is CCC(C)NC(=O)CCNC(C)c1ccc(C)cc1O. The first-order valence-corrected chi connectivity index (χ1v) is 7.26. The number of hydrogen-bond donors (Lipinski definition) is 3. The highest BCUT2D eigenvalue weighted by molar-refractivity contribution is 5.76. The van der Waals surface area contributed by atoms with Crippen LogP contribution in [0.5, 0.6) is 5.75 Å². The molecule has 0 saturated heterocycles. The third kappa shape index (κ3) is 5.21. The molecule has 0 aliphatic carbocycles. The van der Waals surface area contributed by atoms with E-state index in [0.717, 1.165) is 17.5 Å². The van der Waals surface area contributed by atoms with Gasteiger partial charge in [0.15, 0.2) is 0 Å². The van der Waals surface area contributed by atoms with Crippen LogP contribution in [0, 0.1) is 6.92 Å². The lowest BCUT2D eigenvalue weighted by atomic mass is 10.0. The number of carbonyl (C=O) groups excluding carboxylic acids is 1. The molecule has 1 aromatic rings. The molecule has 1 rings (SSSR count). The second kappa shape index (κ2) is 7.90. The smallest absolute Gasteiger partial charge is 0.221 e. The average molecular weight is 278 g/mol. The van der Waals surface area contributed by atoms with Crippen molar-refractivity contribution in [1.82, 2.24) is 10.6 Å². The molecule has 20 heavy (non-hydrogen) atoms. The number of rotatable bonds is 7. The van der Waals surface area contributed by atoms with Crippen LogP contribution in [0.2, 0.25) is 0 Å². The summed E-state index contributed by atoms with van der Waals surface area (Å²) in [6, 6.07) is 5.89. The van der Waals surface area contributed by atoms with Gasteiger partial charge in [0.1, 0.15) is 5.75 Å². The van der Waals surface area contributed by atoms with Crippen LogP contribution in [0.25, 0.3) is 0 Å². The van der Waals surface area contributed by atoms with Gasteiger partial charge in [-0.15, -0.1) is 0 Å². The molecular weight excluding hydrogens is 252 g/mol. The lowest BCUT2D eigenvalue weighted by Crippen LogP contribution is -2.34. The molecule has 4 nitrogen and oxygen atoms in total. The third-order valence-electron chi connectivity index (χ3n) is 3.47. The first-order chi connectivity index (χ1) is 9.43. The van der Waals surface area contributed by atoms with Gasteiger partial charge in [0.05, 0.1) is 0 Å². The molecule has 0 spiro atoms. The maximum absolute atomic E-state index is 11.6. The van der Waals surface area contributed by atoms with Gasteiger partial charge in [0.2, 0.25) is 5.91 Å². The number of aromatic hydroxyl groups is 1. The van der Waals surface area contributed by atoms with Crippen LogP contribution in [0.4, 0.5) is 0 Å². The number of hydrogen-bond acceptors (Lipinski definition) is 3. The molecule has 0 aliphatic heterocycles. The van der Waals surface area contributed by atoms with E-state index in [4.69, 9.17) is 0 Å². The molecule has 0 aliphatic rings. The summed E-state index contributed by atoms with van der Waals surface area (Å²) in [6.07, 6.45) is 1.38. The maximum atomic E-state index is 11.6. The van der Waals surface area contributed by atoms with Crippen molar-refractivity contribution < 1.29 is 9.90 Å². The predicted octanol–water partition coefficient (Wildman–Crippen LogP) is 2.66. The van der Waals surface area contributed by atoms with Gasteiger partial charge in [-0.2, -0.15) is 0 Å². The van der Waals surface area contributed by atoms with Crippen LogP contribution in [0.1, 0.15) is 50.8 Å². The Hall–Kier alpha value is -1.55. The highest BCUT2D eigenvalue weighted by atomic mass is 16.3. The average Bonchev–Trinajstić information content (AvgIpc) is 2.38. The van der Waals surface area contributed by atoms with Crippen molar-refractivity contribution in [2.24, 2.45) is 0 Å². The molecule has 4 heteroatoms. The first-order valence-electron chi connectivity index (χ1n) is 7.26. The van der Waals surface area contributed by atoms with Crippen LogP contribution in [0.15, 0.2) is 18.2 Å². The standard InChI is InChI=1S/C16H26N2O2/c1-5-12(3)18-16(20)8-9-17-13(4)14-7-6-11(2)10-15(14)19/h6-7,10,12-13,17,19H,5,8-9H2,1-4H3,(H,18,20). The van der Waals surface area contributed by atoms with E-state index in [2.05, 4.69) is 10.6 Å². The summed E-state index contributed by atoms with van der Waals surface area (Å²) in [5.41, 5.74) is 1.89. The number of amides is 1. The Labute approximate surface area is 121 Å². The summed E-state index contributed by atoms with van der Waals surface area (Å²) in [5.74, 6) is 0.362. The van der Waals surface area contributed by atoms with Gasteiger partial charge in [0.25, 0.3) is 0 Å². The van der Waals surface area contributed by atoms with E-state index in [1.165, 1.54) is 0 Å². The zero-order valence-electron chi connectivity index (χ0n) is 12.9. The van der Waals surface area contributed by atoms with E-state index < -0.39 is 0 Å². The molecule has 2 atom stereocenters. The van der Waals surface area contributed by atoms with Crippen molar-refractivity contribution in [3.05, 3.63) is 29.3 Å². The minimum absolute atomic E-state index is 0.0204. The Morgan fingerprint density at radius 3 is 2.65 bits per heavy atom. The second-order valence-electron chi connectivity index (χ2n) is 5.36. The van der Waals surface area contributed by atoms with Crippen molar-refractivity contribution >= 4 is 5.91 Å². The number of phenols is 1. The molecule has 0 fully saturated rings. The Bertz CT molecular complexity index is 446. The van der Waals surface area contributed by atoms with Gasteiger partial charge < -0.3 is 15.7 Å². The Kier molecular flexibility index (Phi) is 6.52. The summed E-state index contributed by atoms with van der Waals surface area (Å²) in [7, 11) is 0. The Morgan fingerprint density at radius 1 is 1.35 bits per heavy atom. The first kappa shape index (κ1) is 16.5. The van der Waals surface area contributed by atoms with Crippen molar-refractivity contribution in [2.45, 2.75) is 52.6 Å². The van der Waals surface area contributed by atoms with Gasteiger partial charge in [0, 0.05) is 30.6 Å². The van der Waals surface area contributed by atoms with Crippen LogP contribution < -0.4 is 10.6 Å². The van der Waals surface area contributed by atoms with Crippen LogP contribution in [-0.2, 0) is 4.79 Å². The van der Waals surface area contributed by atoms with Crippen LogP contribution in [-0.4, -0.2) is 23.6 Å². The van der Waals surface area contributed by atoms with Gasteiger partial charge in [-0.05, 0) is 38.8 Å². The monoisotopic (exact) mass is 278 g/mol. The Morgan fingerprint density at radius 2 is 2.05 bits per heavy atom. The van der Waals surface area contributed by atoms with E-state index in [9.17, 15) is 9.90 Å². The van der Waals surface area contributed by atoms with E-state index >= 15 is 0 Å². The van der Waals surface area contributed by atoms with E-state index in [1.54, 1.807) is 6.07 Å². The van der Waals surface area contributed by atoms with Crippen LogP contribution in [0.3, 0.4) is 0 Å². The maximum Gasteiger partial charge on any atom is 0.221 e. The number of benzene rings is 1. The van der Waals surface area contributed by atoms with Crippen molar-refractivity contribution in [3.8, 4) is 5.75 Å². The minimum Gasteiger partial charge on any atom is -0.508 e. The molecule has 112 valence electrons. The number of nitrogens with one attached hydrogen (secondary N) is 2. The number of phenolic OH excluding ortho intramolecular Hbond substituents is 1. The number of carbonyl (C=O) groups is 1. The van der Waals surface area contributed by atoms with Crippen molar-refractivity contribution in [1.29, 1.82) is 0 Å². The minimum atomic E-state index is 0.0204. The molecule has 1 amide bonds.